The molecule has 2 unspecified atom stereocenters. The zero-order valence-electron chi connectivity index (χ0n) is 15.4. The van der Waals surface area contributed by atoms with Crippen molar-refractivity contribution in [3.63, 3.8) is 0 Å². The van der Waals surface area contributed by atoms with Crippen molar-refractivity contribution >= 4 is 5.91 Å². The molecule has 0 bridgehead atoms. The van der Waals surface area contributed by atoms with Crippen molar-refractivity contribution in [2.45, 2.75) is 57.6 Å². The Morgan fingerprint density at radius 1 is 1.20 bits per heavy atom. The van der Waals surface area contributed by atoms with E-state index in [9.17, 15) is 4.79 Å². The summed E-state index contributed by atoms with van der Waals surface area (Å²) < 4.78 is 11.5. The van der Waals surface area contributed by atoms with Crippen LogP contribution in [0.1, 0.15) is 55.8 Å². The van der Waals surface area contributed by atoms with Crippen LogP contribution in [-0.4, -0.2) is 43.2 Å². The van der Waals surface area contributed by atoms with Gasteiger partial charge in [0.2, 0.25) is 0 Å². The van der Waals surface area contributed by atoms with E-state index in [1.54, 1.807) is 7.11 Å². The van der Waals surface area contributed by atoms with Crippen molar-refractivity contribution in [3.8, 4) is 11.5 Å². The normalized spacial score (nSPS) is 22.7. The van der Waals surface area contributed by atoms with Crippen molar-refractivity contribution in [2.75, 3.05) is 20.2 Å². The fraction of sp³-hybridized carbons (Fsp3) is 0.650. The summed E-state index contributed by atoms with van der Waals surface area (Å²) in [6, 6.07) is 5.65. The number of benzene rings is 1. The number of amides is 1. The second kappa shape index (κ2) is 8.09. The van der Waals surface area contributed by atoms with Crippen molar-refractivity contribution in [3.05, 3.63) is 23.8 Å². The third-order valence-electron chi connectivity index (χ3n) is 5.50. The first-order chi connectivity index (χ1) is 12.1. The SMILES string of the molecule is COc1cc(C(=O)N2CCCC(C(C)N)C2)ccc1OC1CCCC1. The third kappa shape index (κ3) is 4.27. The summed E-state index contributed by atoms with van der Waals surface area (Å²) in [5, 5.41) is 0. The van der Waals surface area contributed by atoms with Gasteiger partial charge in [-0.1, -0.05) is 0 Å². The Balaban J connectivity index is 1.71. The largest absolute Gasteiger partial charge is 0.493 e. The van der Waals surface area contributed by atoms with Gasteiger partial charge in [0.1, 0.15) is 0 Å². The van der Waals surface area contributed by atoms with Crippen molar-refractivity contribution in [1.82, 2.24) is 4.90 Å². The van der Waals surface area contributed by atoms with Gasteiger partial charge in [-0.2, -0.15) is 0 Å². The van der Waals surface area contributed by atoms with E-state index in [1.807, 2.05) is 30.0 Å². The number of piperidine rings is 1. The van der Waals surface area contributed by atoms with Gasteiger partial charge in [-0.3, -0.25) is 4.79 Å². The fourth-order valence-corrected chi connectivity index (χ4v) is 3.89. The van der Waals surface area contributed by atoms with Crippen LogP contribution in [0.2, 0.25) is 0 Å². The second-order valence-electron chi connectivity index (χ2n) is 7.40. The summed E-state index contributed by atoms with van der Waals surface area (Å²) in [4.78, 5) is 14.8. The maximum Gasteiger partial charge on any atom is 0.254 e. The lowest BCUT2D eigenvalue weighted by Gasteiger charge is -2.34. The highest BCUT2D eigenvalue weighted by molar-refractivity contribution is 5.95. The van der Waals surface area contributed by atoms with Crippen molar-refractivity contribution in [2.24, 2.45) is 11.7 Å². The number of ether oxygens (including phenoxy) is 2. The molecule has 138 valence electrons. The molecular formula is C20H30N2O3. The molecule has 2 fully saturated rings. The Labute approximate surface area is 150 Å². The summed E-state index contributed by atoms with van der Waals surface area (Å²) in [6.07, 6.45) is 7.01. The van der Waals surface area contributed by atoms with Crippen molar-refractivity contribution in [1.29, 1.82) is 0 Å². The number of likely N-dealkylation sites (tertiary alicyclic amines) is 1. The van der Waals surface area contributed by atoms with Gasteiger partial charge >= 0.3 is 0 Å². The Morgan fingerprint density at radius 2 is 1.96 bits per heavy atom. The minimum absolute atomic E-state index is 0.0519. The molecule has 1 aliphatic heterocycles. The molecule has 1 heterocycles. The maximum absolute atomic E-state index is 12.9. The summed E-state index contributed by atoms with van der Waals surface area (Å²) in [7, 11) is 1.62. The Kier molecular flexibility index (Phi) is 5.84. The first-order valence-corrected chi connectivity index (χ1v) is 9.48. The number of nitrogens with zero attached hydrogens (tertiary/aromatic N) is 1. The van der Waals surface area contributed by atoms with Crippen molar-refractivity contribution < 1.29 is 14.3 Å². The molecule has 5 nitrogen and oxygen atoms in total. The molecule has 1 saturated heterocycles. The van der Waals surface area contributed by atoms with Gasteiger partial charge in [0, 0.05) is 24.7 Å². The minimum atomic E-state index is 0.0519. The highest BCUT2D eigenvalue weighted by Gasteiger charge is 2.27. The number of carbonyl (C=O) groups excluding carboxylic acids is 1. The van der Waals surface area contributed by atoms with Crippen LogP contribution in [0.15, 0.2) is 18.2 Å². The van der Waals surface area contributed by atoms with E-state index in [4.69, 9.17) is 15.2 Å². The van der Waals surface area contributed by atoms with Crippen LogP contribution in [-0.2, 0) is 0 Å². The lowest BCUT2D eigenvalue weighted by atomic mass is 9.92. The van der Waals surface area contributed by atoms with Gasteiger partial charge < -0.3 is 20.1 Å². The minimum Gasteiger partial charge on any atom is -0.493 e. The predicted molar refractivity (Wildman–Crippen MR) is 98.2 cm³/mol. The van der Waals surface area contributed by atoms with E-state index in [-0.39, 0.29) is 18.1 Å². The van der Waals surface area contributed by atoms with Crippen LogP contribution in [0, 0.1) is 5.92 Å². The summed E-state index contributed by atoms with van der Waals surface area (Å²) in [5.41, 5.74) is 6.69. The number of hydrogen-bond acceptors (Lipinski definition) is 4. The van der Waals surface area contributed by atoms with Crippen LogP contribution in [0.4, 0.5) is 0 Å². The first kappa shape index (κ1) is 18.1. The number of rotatable bonds is 5. The molecule has 1 aliphatic carbocycles. The molecule has 2 N–H and O–H groups in total. The monoisotopic (exact) mass is 346 g/mol. The van der Waals surface area contributed by atoms with Gasteiger partial charge in [0.25, 0.3) is 5.91 Å². The average Bonchev–Trinajstić information content (AvgIpc) is 3.14. The van der Waals surface area contributed by atoms with Crippen LogP contribution < -0.4 is 15.2 Å². The predicted octanol–water partition coefficient (Wildman–Crippen LogP) is 3.22. The highest BCUT2D eigenvalue weighted by atomic mass is 16.5. The molecular weight excluding hydrogens is 316 g/mol. The quantitative estimate of drug-likeness (QED) is 0.889. The standard InChI is InChI=1S/C20H30N2O3/c1-14(21)16-6-5-11-22(13-16)20(23)15-9-10-18(19(12-15)24-2)25-17-7-3-4-8-17/h9-10,12,14,16-17H,3-8,11,13,21H2,1-2H3. The molecule has 5 heteroatoms. The van der Waals surface area contributed by atoms with Gasteiger partial charge in [0.05, 0.1) is 13.2 Å². The molecule has 1 aromatic carbocycles. The zero-order valence-corrected chi connectivity index (χ0v) is 15.4. The molecule has 0 radical (unpaired) electrons. The molecule has 1 saturated carbocycles. The lowest BCUT2D eigenvalue weighted by molar-refractivity contribution is 0.0660. The molecule has 0 aromatic heterocycles. The molecule has 1 aromatic rings. The first-order valence-electron chi connectivity index (χ1n) is 9.48. The van der Waals surface area contributed by atoms with Crippen LogP contribution in [0.3, 0.4) is 0 Å². The number of carbonyl (C=O) groups is 1. The number of nitrogens with two attached hydrogens (primary N) is 1. The average molecular weight is 346 g/mol. The van der Waals surface area contributed by atoms with E-state index in [0.717, 1.165) is 44.5 Å². The van der Waals surface area contributed by atoms with E-state index < -0.39 is 0 Å². The molecule has 3 rings (SSSR count). The van der Waals surface area contributed by atoms with Gasteiger partial charge in [-0.15, -0.1) is 0 Å². The van der Waals surface area contributed by atoms with Gasteiger partial charge in [0.15, 0.2) is 11.5 Å². The van der Waals surface area contributed by atoms with E-state index in [1.165, 1.54) is 12.8 Å². The fourth-order valence-electron chi connectivity index (χ4n) is 3.89. The van der Waals surface area contributed by atoms with Gasteiger partial charge in [-0.25, -0.2) is 0 Å². The van der Waals surface area contributed by atoms with E-state index in [2.05, 4.69) is 0 Å². The van der Waals surface area contributed by atoms with E-state index >= 15 is 0 Å². The summed E-state index contributed by atoms with van der Waals surface area (Å²) in [5.74, 6) is 1.80. The smallest absolute Gasteiger partial charge is 0.254 e. The third-order valence-corrected chi connectivity index (χ3v) is 5.50. The van der Waals surface area contributed by atoms with Crippen LogP contribution in [0.5, 0.6) is 11.5 Å². The Bertz CT molecular complexity index is 597. The second-order valence-corrected chi connectivity index (χ2v) is 7.40. The highest BCUT2D eigenvalue weighted by Crippen LogP contribution is 2.33. The summed E-state index contributed by atoms with van der Waals surface area (Å²) >= 11 is 0. The summed E-state index contributed by atoms with van der Waals surface area (Å²) in [6.45, 7) is 3.56. The molecule has 0 spiro atoms. The molecule has 2 atom stereocenters. The van der Waals surface area contributed by atoms with Crippen LogP contribution >= 0.6 is 0 Å². The lowest BCUT2D eigenvalue weighted by Crippen LogP contribution is -2.45. The van der Waals surface area contributed by atoms with E-state index in [0.29, 0.717) is 17.2 Å². The van der Waals surface area contributed by atoms with Gasteiger partial charge in [-0.05, 0) is 69.6 Å². The maximum atomic E-state index is 12.9. The topological polar surface area (TPSA) is 64.8 Å². The molecule has 1 amide bonds. The molecule has 25 heavy (non-hydrogen) atoms. The number of methoxy groups -OCH3 is 1. The molecule has 2 aliphatic rings. The Morgan fingerprint density at radius 3 is 2.64 bits per heavy atom. The zero-order chi connectivity index (χ0) is 17.8. The Hall–Kier alpha value is -1.75. The number of hydrogen-bond donors (Lipinski definition) is 1. The van der Waals surface area contributed by atoms with Crippen LogP contribution in [0.25, 0.3) is 0 Å².